The predicted molar refractivity (Wildman–Crippen MR) is 90.2 cm³/mol. The molecule has 2 amide bonds. The minimum absolute atomic E-state index is 0.104. The number of furan rings is 1. The van der Waals surface area contributed by atoms with Gasteiger partial charge in [0.05, 0.1) is 27.0 Å². The Balaban J connectivity index is 1.82. The summed E-state index contributed by atoms with van der Waals surface area (Å²) in [5, 5.41) is 0. The second-order valence-corrected chi connectivity index (χ2v) is 5.34. The van der Waals surface area contributed by atoms with Crippen molar-refractivity contribution in [3.8, 4) is 11.5 Å². The van der Waals surface area contributed by atoms with Crippen LogP contribution < -0.4 is 20.3 Å². The maximum Gasteiger partial charge on any atom is 0.305 e. The highest BCUT2D eigenvalue weighted by molar-refractivity contribution is 5.93. The molecule has 134 valence electrons. The van der Waals surface area contributed by atoms with Crippen LogP contribution in [0.3, 0.4) is 0 Å². The zero-order valence-corrected chi connectivity index (χ0v) is 14.4. The lowest BCUT2D eigenvalue weighted by atomic mass is 10.2. The molecule has 1 heterocycles. The van der Waals surface area contributed by atoms with Crippen LogP contribution in [0, 0.1) is 0 Å². The van der Waals surface area contributed by atoms with Crippen molar-refractivity contribution in [3.05, 3.63) is 47.9 Å². The van der Waals surface area contributed by atoms with E-state index in [0.29, 0.717) is 18.0 Å². The zero-order chi connectivity index (χ0) is 18.2. The molecule has 1 aromatic heterocycles. The van der Waals surface area contributed by atoms with Gasteiger partial charge in [-0.2, -0.15) is 0 Å². The molecule has 8 nitrogen and oxygen atoms in total. The highest BCUT2D eigenvalue weighted by Gasteiger charge is 2.12. The van der Waals surface area contributed by atoms with Crippen LogP contribution in [0.4, 0.5) is 0 Å². The number of nitrogens with one attached hydrogen (secondary N) is 2. The molecular formula is C17H21N3O5. The number of nitrogens with zero attached hydrogens (tertiary/aromatic N) is 1. The lowest BCUT2D eigenvalue weighted by Crippen LogP contribution is -2.45. The number of hydrogen-bond acceptors (Lipinski definition) is 6. The molecule has 0 spiro atoms. The molecular weight excluding hydrogens is 326 g/mol. The monoisotopic (exact) mass is 347 g/mol. The number of carbonyl (C=O) groups is 2. The molecule has 8 heteroatoms. The normalized spacial score (nSPS) is 10.4. The maximum atomic E-state index is 11.9. The first-order valence-corrected chi connectivity index (χ1v) is 7.55. The van der Waals surface area contributed by atoms with Gasteiger partial charge in [0.2, 0.25) is 0 Å². The highest BCUT2D eigenvalue weighted by Crippen LogP contribution is 2.27. The molecule has 0 unspecified atom stereocenters. The van der Waals surface area contributed by atoms with Gasteiger partial charge in [-0.05, 0) is 36.9 Å². The highest BCUT2D eigenvalue weighted by atomic mass is 16.5. The fourth-order valence-corrected chi connectivity index (χ4v) is 2.23. The van der Waals surface area contributed by atoms with Gasteiger partial charge in [0.25, 0.3) is 5.91 Å². The largest absolute Gasteiger partial charge is 0.493 e. The fourth-order valence-electron chi connectivity index (χ4n) is 2.23. The van der Waals surface area contributed by atoms with Gasteiger partial charge in [-0.1, -0.05) is 6.07 Å². The fraction of sp³-hybridized carbons (Fsp3) is 0.294. The van der Waals surface area contributed by atoms with Crippen molar-refractivity contribution in [1.29, 1.82) is 0 Å². The van der Waals surface area contributed by atoms with Crippen LogP contribution in [0.5, 0.6) is 11.5 Å². The van der Waals surface area contributed by atoms with Gasteiger partial charge < -0.3 is 13.9 Å². The van der Waals surface area contributed by atoms with Crippen LogP contribution >= 0.6 is 0 Å². The van der Waals surface area contributed by atoms with Gasteiger partial charge in [0.15, 0.2) is 17.3 Å². The van der Waals surface area contributed by atoms with Crippen molar-refractivity contribution in [2.24, 2.45) is 0 Å². The van der Waals surface area contributed by atoms with E-state index >= 15 is 0 Å². The van der Waals surface area contributed by atoms with E-state index in [1.807, 2.05) is 18.2 Å². The molecule has 0 saturated carbocycles. The van der Waals surface area contributed by atoms with Crippen LogP contribution in [-0.4, -0.2) is 44.5 Å². The molecule has 0 bridgehead atoms. The first-order valence-electron chi connectivity index (χ1n) is 7.55. The summed E-state index contributed by atoms with van der Waals surface area (Å²) in [6.45, 7) is 0.632. The zero-order valence-electron chi connectivity index (χ0n) is 14.4. The first kappa shape index (κ1) is 18.3. The second kappa shape index (κ2) is 8.74. The standard InChI is InChI=1S/C17H21N3O5/c1-20(10-12-6-7-13(23-2)15(9-12)24-3)11-16(21)18-19-17(22)14-5-4-8-25-14/h4-9H,10-11H2,1-3H3,(H,18,21)(H,19,22). The van der Waals surface area contributed by atoms with E-state index in [1.165, 1.54) is 12.3 Å². The number of carbonyl (C=O) groups excluding carboxylic acids is 2. The molecule has 0 radical (unpaired) electrons. The molecule has 2 N–H and O–H groups in total. The van der Waals surface area contributed by atoms with E-state index in [0.717, 1.165) is 5.56 Å². The third kappa shape index (κ3) is 5.25. The molecule has 0 aliphatic heterocycles. The van der Waals surface area contributed by atoms with E-state index < -0.39 is 5.91 Å². The Morgan fingerprint density at radius 1 is 1.12 bits per heavy atom. The van der Waals surface area contributed by atoms with Crippen molar-refractivity contribution in [2.45, 2.75) is 6.54 Å². The summed E-state index contributed by atoms with van der Waals surface area (Å²) >= 11 is 0. The smallest absolute Gasteiger partial charge is 0.305 e. The summed E-state index contributed by atoms with van der Waals surface area (Å²) in [4.78, 5) is 25.4. The van der Waals surface area contributed by atoms with E-state index in [4.69, 9.17) is 13.9 Å². The van der Waals surface area contributed by atoms with E-state index in [9.17, 15) is 9.59 Å². The quantitative estimate of drug-likeness (QED) is 0.731. The third-order valence-electron chi connectivity index (χ3n) is 3.37. The first-order chi connectivity index (χ1) is 12.0. The van der Waals surface area contributed by atoms with Gasteiger partial charge >= 0.3 is 5.91 Å². The van der Waals surface area contributed by atoms with Gasteiger partial charge in [-0.3, -0.25) is 25.3 Å². The predicted octanol–water partition coefficient (Wildman–Crippen LogP) is 1.19. The summed E-state index contributed by atoms with van der Waals surface area (Å²) in [6, 6.07) is 8.66. The summed E-state index contributed by atoms with van der Waals surface area (Å²) in [5.74, 6) is 0.540. The van der Waals surface area contributed by atoms with Crippen molar-refractivity contribution in [3.63, 3.8) is 0 Å². The molecule has 0 aliphatic rings. The van der Waals surface area contributed by atoms with Gasteiger partial charge in [-0.25, -0.2) is 0 Å². The summed E-state index contributed by atoms with van der Waals surface area (Å²) in [7, 11) is 4.94. The Morgan fingerprint density at radius 3 is 2.52 bits per heavy atom. The van der Waals surface area contributed by atoms with Crippen LogP contribution in [0.1, 0.15) is 16.1 Å². The lowest BCUT2D eigenvalue weighted by Gasteiger charge is -2.17. The van der Waals surface area contributed by atoms with Crippen LogP contribution in [0.15, 0.2) is 41.0 Å². The number of amides is 2. The minimum atomic E-state index is -0.513. The topological polar surface area (TPSA) is 93.0 Å². The van der Waals surface area contributed by atoms with Gasteiger partial charge in [-0.15, -0.1) is 0 Å². The van der Waals surface area contributed by atoms with Gasteiger partial charge in [0, 0.05) is 6.54 Å². The Hall–Kier alpha value is -3.00. The number of hydrazine groups is 1. The number of benzene rings is 1. The average Bonchev–Trinajstić information content (AvgIpc) is 3.14. The Morgan fingerprint density at radius 2 is 1.88 bits per heavy atom. The van der Waals surface area contributed by atoms with Crippen LogP contribution in [0.25, 0.3) is 0 Å². The third-order valence-corrected chi connectivity index (χ3v) is 3.37. The summed E-state index contributed by atoms with van der Waals surface area (Å²) in [5.41, 5.74) is 5.60. The van der Waals surface area contributed by atoms with E-state index in [-0.39, 0.29) is 18.2 Å². The van der Waals surface area contributed by atoms with Crippen molar-refractivity contribution in [1.82, 2.24) is 15.8 Å². The van der Waals surface area contributed by atoms with Gasteiger partial charge in [0.1, 0.15) is 0 Å². The molecule has 0 saturated heterocycles. The van der Waals surface area contributed by atoms with Crippen LogP contribution in [0.2, 0.25) is 0 Å². The average molecular weight is 347 g/mol. The number of likely N-dealkylation sites (N-methyl/N-ethyl adjacent to an activating group) is 1. The number of methoxy groups -OCH3 is 2. The molecule has 2 aromatic rings. The molecule has 1 aromatic carbocycles. The van der Waals surface area contributed by atoms with E-state index in [1.54, 1.807) is 32.2 Å². The second-order valence-electron chi connectivity index (χ2n) is 5.34. The number of ether oxygens (including phenoxy) is 2. The Bertz CT molecular complexity index is 715. The SMILES string of the molecule is COc1ccc(CN(C)CC(=O)NNC(=O)c2ccco2)cc1OC. The van der Waals surface area contributed by atoms with Crippen molar-refractivity contribution in [2.75, 3.05) is 27.8 Å². The molecule has 25 heavy (non-hydrogen) atoms. The summed E-state index contributed by atoms with van der Waals surface area (Å²) in [6.07, 6.45) is 1.38. The van der Waals surface area contributed by atoms with Crippen molar-refractivity contribution >= 4 is 11.8 Å². The molecule has 0 atom stereocenters. The Labute approximate surface area is 145 Å². The minimum Gasteiger partial charge on any atom is -0.493 e. The summed E-state index contributed by atoms with van der Waals surface area (Å²) < 4.78 is 15.4. The Kier molecular flexibility index (Phi) is 6.41. The number of hydrogen-bond donors (Lipinski definition) is 2. The lowest BCUT2D eigenvalue weighted by molar-refractivity contribution is -0.122. The maximum absolute atomic E-state index is 11.9. The van der Waals surface area contributed by atoms with Crippen molar-refractivity contribution < 1.29 is 23.5 Å². The van der Waals surface area contributed by atoms with Crippen LogP contribution in [-0.2, 0) is 11.3 Å². The molecule has 2 rings (SSSR count). The van der Waals surface area contributed by atoms with E-state index in [2.05, 4.69) is 10.9 Å². The molecule has 0 fully saturated rings. The number of rotatable bonds is 7. The molecule has 0 aliphatic carbocycles.